The zero-order chi connectivity index (χ0) is 20.5. The number of aromatic nitrogens is 4. The number of nitrogens with one attached hydrogen (secondary N) is 2. The molecule has 0 saturated heterocycles. The summed E-state index contributed by atoms with van der Waals surface area (Å²) in [6, 6.07) is 2.80. The Morgan fingerprint density at radius 1 is 1.28 bits per heavy atom. The molecule has 0 aliphatic heterocycles. The second kappa shape index (κ2) is 7.72. The van der Waals surface area contributed by atoms with E-state index in [1.165, 1.54) is 0 Å². The Hall–Kier alpha value is -3.11. The minimum absolute atomic E-state index is 0.156. The fourth-order valence-corrected chi connectivity index (χ4v) is 3.63. The molecule has 0 fully saturated rings. The van der Waals surface area contributed by atoms with Gasteiger partial charge in [-0.1, -0.05) is 0 Å². The summed E-state index contributed by atoms with van der Waals surface area (Å²) in [5.41, 5.74) is 3.06. The van der Waals surface area contributed by atoms with Crippen LogP contribution in [0.15, 0.2) is 29.0 Å². The minimum Gasteiger partial charge on any atom is -0.421 e. The number of ether oxygens (including phenoxy) is 1. The van der Waals surface area contributed by atoms with E-state index < -0.39 is 17.7 Å². The molecule has 150 valence electrons. The lowest BCUT2D eigenvalue weighted by molar-refractivity contribution is 0.208. The van der Waals surface area contributed by atoms with Crippen LogP contribution in [-0.2, 0) is 0 Å². The van der Waals surface area contributed by atoms with Crippen molar-refractivity contribution in [2.45, 2.75) is 20.0 Å². The molecule has 3 N–H and O–H groups in total. The van der Waals surface area contributed by atoms with E-state index in [-0.39, 0.29) is 18.3 Å². The Bertz CT molecular complexity index is 1170. The van der Waals surface area contributed by atoms with Crippen LogP contribution in [0.1, 0.15) is 12.5 Å². The maximum Gasteiger partial charge on any atom is 0.326 e. The summed E-state index contributed by atoms with van der Waals surface area (Å²) in [6.07, 6.45) is -0.628. The maximum absolute atomic E-state index is 13.9. The lowest BCUT2D eigenvalue weighted by Crippen LogP contribution is -2.16. The summed E-state index contributed by atoms with van der Waals surface area (Å²) in [5.74, 6) is -1.42. The summed E-state index contributed by atoms with van der Waals surface area (Å²) < 4.78 is 32.5. The normalized spacial score (nSPS) is 12.3. The molecule has 1 aromatic carbocycles. The summed E-state index contributed by atoms with van der Waals surface area (Å²) in [5, 5.41) is 24.5. The Labute approximate surface area is 168 Å². The molecule has 3 aromatic heterocycles. The Morgan fingerprint density at radius 2 is 2.10 bits per heavy atom. The van der Waals surface area contributed by atoms with Crippen molar-refractivity contribution in [2.75, 3.05) is 11.9 Å². The summed E-state index contributed by atoms with van der Waals surface area (Å²) in [4.78, 5) is 8.58. The maximum atomic E-state index is 13.9. The first-order valence-electron chi connectivity index (χ1n) is 8.76. The average Bonchev–Trinajstić information content (AvgIpc) is 3.27. The molecule has 4 aromatic rings. The SMILES string of the molecule is Cc1cscc1-c1[nH]nc2nc(Oc3ccc(F)cc3F)nc(NCC(C)O)c12. The predicted octanol–water partition coefficient (Wildman–Crippen LogP) is 4.25. The summed E-state index contributed by atoms with van der Waals surface area (Å²) in [6.45, 7) is 3.84. The lowest BCUT2D eigenvalue weighted by Gasteiger charge is -2.11. The molecule has 7 nitrogen and oxygen atoms in total. The van der Waals surface area contributed by atoms with Gasteiger partial charge in [0.2, 0.25) is 0 Å². The smallest absolute Gasteiger partial charge is 0.326 e. The largest absolute Gasteiger partial charge is 0.421 e. The van der Waals surface area contributed by atoms with Crippen molar-refractivity contribution in [1.82, 2.24) is 20.2 Å². The Morgan fingerprint density at radius 3 is 2.79 bits per heavy atom. The topological polar surface area (TPSA) is 96.0 Å². The fourth-order valence-electron chi connectivity index (χ4n) is 2.79. The van der Waals surface area contributed by atoms with E-state index in [0.29, 0.717) is 22.9 Å². The number of benzene rings is 1. The number of aryl methyl sites for hydroxylation is 1. The molecule has 0 amide bonds. The number of hydrogen-bond donors (Lipinski definition) is 3. The summed E-state index contributed by atoms with van der Waals surface area (Å²) >= 11 is 1.56. The first-order chi connectivity index (χ1) is 13.9. The van der Waals surface area contributed by atoms with E-state index in [9.17, 15) is 13.9 Å². The number of aliphatic hydroxyl groups excluding tert-OH is 1. The number of nitrogens with zero attached hydrogens (tertiary/aromatic N) is 3. The third-order valence-corrected chi connectivity index (χ3v) is 5.04. The number of thiophene rings is 1. The van der Waals surface area contributed by atoms with Crippen LogP contribution in [0.2, 0.25) is 0 Å². The van der Waals surface area contributed by atoms with Crippen LogP contribution >= 0.6 is 11.3 Å². The molecular weight excluding hydrogens is 400 g/mol. The van der Waals surface area contributed by atoms with E-state index in [0.717, 1.165) is 29.0 Å². The van der Waals surface area contributed by atoms with Crippen LogP contribution in [0.5, 0.6) is 11.8 Å². The van der Waals surface area contributed by atoms with Crippen LogP contribution in [0, 0.1) is 18.6 Å². The van der Waals surface area contributed by atoms with Crippen molar-refractivity contribution in [3.05, 3.63) is 46.2 Å². The highest BCUT2D eigenvalue weighted by Crippen LogP contribution is 2.35. The van der Waals surface area contributed by atoms with Crippen LogP contribution in [0.3, 0.4) is 0 Å². The highest BCUT2D eigenvalue weighted by atomic mass is 32.1. The molecule has 0 saturated carbocycles. The average molecular weight is 417 g/mol. The number of H-pyrrole nitrogens is 1. The second-order valence-corrected chi connectivity index (χ2v) is 7.27. The van der Waals surface area contributed by atoms with Crippen molar-refractivity contribution >= 4 is 28.2 Å². The van der Waals surface area contributed by atoms with Crippen molar-refractivity contribution in [1.29, 1.82) is 0 Å². The van der Waals surface area contributed by atoms with Crippen molar-refractivity contribution in [3.63, 3.8) is 0 Å². The molecule has 0 bridgehead atoms. The van der Waals surface area contributed by atoms with E-state index >= 15 is 0 Å². The van der Waals surface area contributed by atoms with E-state index in [1.54, 1.807) is 18.3 Å². The summed E-state index contributed by atoms with van der Waals surface area (Å²) in [7, 11) is 0. The second-order valence-electron chi connectivity index (χ2n) is 6.53. The van der Waals surface area contributed by atoms with Gasteiger partial charge in [-0.15, -0.1) is 0 Å². The van der Waals surface area contributed by atoms with Gasteiger partial charge >= 0.3 is 6.01 Å². The molecule has 29 heavy (non-hydrogen) atoms. The first-order valence-corrected chi connectivity index (χ1v) is 9.70. The van der Waals surface area contributed by atoms with Crippen LogP contribution in [0.25, 0.3) is 22.3 Å². The molecule has 4 rings (SSSR count). The first kappa shape index (κ1) is 19.2. The highest BCUT2D eigenvalue weighted by molar-refractivity contribution is 7.08. The van der Waals surface area contributed by atoms with Gasteiger partial charge in [0.1, 0.15) is 11.6 Å². The highest BCUT2D eigenvalue weighted by Gasteiger charge is 2.20. The van der Waals surface area contributed by atoms with Crippen LogP contribution in [-0.4, -0.2) is 37.9 Å². The van der Waals surface area contributed by atoms with Gasteiger partial charge in [0, 0.05) is 23.6 Å². The third kappa shape index (κ3) is 3.89. The fraction of sp³-hybridized carbons (Fsp3) is 0.211. The van der Waals surface area contributed by atoms with Crippen LogP contribution < -0.4 is 10.1 Å². The minimum atomic E-state index is -0.871. The Kier molecular flexibility index (Phi) is 5.12. The van der Waals surface area contributed by atoms with Crippen molar-refractivity contribution in [2.24, 2.45) is 0 Å². The standard InChI is InChI=1S/C19H17F2N5O2S/c1-9-7-29-8-12(9)16-15-17(22-6-10(2)27)23-19(24-18(15)26-25-16)28-14-4-3-11(20)5-13(14)21/h3-5,7-8,10,27H,6H2,1-2H3,(H2,22,23,24,25,26). The van der Waals surface area contributed by atoms with Gasteiger partial charge in [0.25, 0.3) is 0 Å². The van der Waals surface area contributed by atoms with Crippen LogP contribution in [0.4, 0.5) is 14.6 Å². The number of halogens is 2. The molecule has 0 spiro atoms. The van der Waals surface area contributed by atoms with Gasteiger partial charge in [0.05, 0.1) is 17.2 Å². The third-order valence-electron chi connectivity index (χ3n) is 4.18. The molecule has 1 atom stereocenters. The van der Waals surface area contributed by atoms with E-state index in [1.807, 2.05) is 17.7 Å². The number of aromatic amines is 1. The molecule has 0 radical (unpaired) electrons. The zero-order valence-electron chi connectivity index (χ0n) is 15.5. The molecule has 1 unspecified atom stereocenters. The van der Waals surface area contributed by atoms with Gasteiger partial charge in [-0.05, 0) is 36.9 Å². The lowest BCUT2D eigenvalue weighted by atomic mass is 10.1. The predicted molar refractivity (Wildman–Crippen MR) is 106 cm³/mol. The molecule has 0 aliphatic rings. The van der Waals surface area contributed by atoms with Gasteiger partial charge in [0.15, 0.2) is 17.2 Å². The zero-order valence-corrected chi connectivity index (χ0v) is 16.3. The number of anilines is 1. The van der Waals surface area contributed by atoms with Gasteiger partial charge < -0.3 is 15.2 Å². The molecular formula is C19H17F2N5O2S. The quantitative estimate of drug-likeness (QED) is 0.434. The van der Waals surface area contributed by atoms with E-state index in [4.69, 9.17) is 4.74 Å². The van der Waals surface area contributed by atoms with Gasteiger partial charge in [-0.25, -0.2) is 8.78 Å². The van der Waals surface area contributed by atoms with Crippen molar-refractivity contribution in [3.8, 4) is 23.0 Å². The van der Waals surface area contributed by atoms with Gasteiger partial charge in [-0.2, -0.15) is 26.4 Å². The molecule has 3 heterocycles. The van der Waals surface area contributed by atoms with Crippen molar-refractivity contribution < 1.29 is 18.6 Å². The number of fused-ring (bicyclic) bond motifs is 1. The number of aliphatic hydroxyl groups is 1. The number of rotatable bonds is 6. The number of hydrogen-bond acceptors (Lipinski definition) is 7. The van der Waals surface area contributed by atoms with Gasteiger partial charge in [-0.3, -0.25) is 5.10 Å². The Balaban J connectivity index is 1.80. The monoisotopic (exact) mass is 417 g/mol. The molecule has 10 heteroatoms. The van der Waals surface area contributed by atoms with E-state index in [2.05, 4.69) is 25.5 Å². The molecule has 0 aliphatic carbocycles.